The number of hydrogen-bond acceptors (Lipinski definition) is 4. The van der Waals surface area contributed by atoms with Gasteiger partial charge in [-0.05, 0) is 36.4 Å². The van der Waals surface area contributed by atoms with E-state index in [1.54, 1.807) is 0 Å². The third-order valence-corrected chi connectivity index (χ3v) is 4.02. The summed E-state index contributed by atoms with van der Waals surface area (Å²) in [6, 6.07) is 7.03. The Hall–Kier alpha value is -3.14. The number of amides is 1. The number of aromatic nitrogens is 3. The Morgan fingerprint density at radius 3 is 2.54 bits per heavy atom. The summed E-state index contributed by atoms with van der Waals surface area (Å²) in [6.45, 7) is 0. The minimum Gasteiger partial charge on any atom is -0.383 e. The van der Waals surface area contributed by atoms with Crippen LogP contribution in [0.5, 0.6) is 0 Å². The van der Waals surface area contributed by atoms with Crippen molar-refractivity contribution in [3.05, 3.63) is 58.5 Å². The van der Waals surface area contributed by atoms with Crippen molar-refractivity contribution in [2.24, 2.45) is 7.05 Å². The highest BCUT2D eigenvalue weighted by atomic mass is 35.5. The average Bonchev–Trinajstić information content (AvgIpc) is 2.99. The maximum absolute atomic E-state index is 13.8. The quantitative estimate of drug-likeness (QED) is 0.632. The number of anilines is 2. The molecule has 3 aromatic rings. The summed E-state index contributed by atoms with van der Waals surface area (Å²) in [7, 11) is 1.33. The molecule has 0 saturated carbocycles. The predicted molar refractivity (Wildman–Crippen MR) is 95.2 cm³/mol. The Kier molecular flexibility index (Phi) is 4.99. The Morgan fingerprint density at radius 2 is 1.93 bits per heavy atom. The number of alkyl halides is 3. The minimum absolute atomic E-state index is 0.0103. The summed E-state index contributed by atoms with van der Waals surface area (Å²) in [4.78, 5) is 16.1. The molecule has 0 saturated heterocycles. The molecule has 0 atom stereocenters. The van der Waals surface area contributed by atoms with Gasteiger partial charge >= 0.3 is 6.18 Å². The lowest BCUT2D eigenvalue weighted by Gasteiger charge is -2.09. The maximum Gasteiger partial charge on any atom is 0.435 e. The van der Waals surface area contributed by atoms with E-state index in [9.17, 15) is 22.4 Å². The molecule has 3 rings (SSSR count). The van der Waals surface area contributed by atoms with Crippen molar-refractivity contribution >= 4 is 29.1 Å². The van der Waals surface area contributed by atoms with Crippen LogP contribution >= 0.6 is 11.6 Å². The molecule has 11 heteroatoms. The number of nitrogens with zero attached hydrogens (tertiary/aromatic N) is 3. The van der Waals surface area contributed by atoms with Crippen LogP contribution in [0, 0.1) is 5.82 Å². The van der Waals surface area contributed by atoms with E-state index in [0.717, 1.165) is 22.9 Å². The molecule has 0 aliphatic rings. The molecule has 3 N–H and O–H groups in total. The van der Waals surface area contributed by atoms with Crippen molar-refractivity contribution < 1.29 is 22.4 Å². The molecule has 0 fully saturated rings. The summed E-state index contributed by atoms with van der Waals surface area (Å²) in [5.41, 5.74) is 4.75. The first-order valence-electron chi connectivity index (χ1n) is 7.71. The molecule has 146 valence electrons. The molecule has 6 nitrogen and oxygen atoms in total. The van der Waals surface area contributed by atoms with Crippen molar-refractivity contribution in [3.63, 3.8) is 0 Å². The molecular formula is C17H12ClF4N5O. The number of benzene rings is 1. The smallest absolute Gasteiger partial charge is 0.383 e. The molecule has 0 spiro atoms. The molecule has 1 aromatic carbocycles. The number of hydrogen-bond donors (Lipinski definition) is 2. The number of nitrogen functional groups attached to an aromatic ring is 1. The standard InChI is InChI=1S/C17H12ClF4N5O/c1-27-12(7-13(26-27)17(20,21)22)9-3-5-14(24-15(9)23)25-16(28)10-6-8(18)2-4-11(10)19/h2-7H,1H3,(H3,23,24,25,28). The Bertz CT molecular complexity index is 1060. The number of rotatable bonds is 3. The van der Waals surface area contributed by atoms with E-state index in [2.05, 4.69) is 15.4 Å². The van der Waals surface area contributed by atoms with Gasteiger partial charge in [0.15, 0.2) is 5.69 Å². The highest BCUT2D eigenvalue weighted by Gasteiger charge is 2.35. The van der Waals surface area contributed by atoms with Gasteiger partial charge in [-0.25, -0.2) is 9.37 Å². The van der Waals surface area contributed by atoms with E-state index in [1.807, 2.05) is 0 Å². The summed E-state index contributed by atoms with van der Waals surface area (Å²) in [6.07, 6.45) is -4.60. The SMILES string of the molecule is Cn1nc(C(F)(F)F)cc1-c1ccc(NC(=O)c2cc(Cl)ccc2F)nc1N. The van der Waals surface area contributed by atoms with Crippen LogP contribution in [-0.4, -0.2) is 20.7 Å². The van der Waals surface area contributed by atoms with Crippen LogP contribution in [0.25, 0.3) is 11.3 Å². The van der Waals surface area contributed by atoms with E-state index in [4.69, 9.17) is 17.3 Å². The molecule has 0 aliphatic heterocycles. The third kappa shape index (κ3) is 3.91. The largest absolute Gasteiger partial charge is 0.435 e. The highest BCUT2D eigenvalue weighted by molar-refractivity contribution is 6.31. The van der Waals surface area contributed by atoms with Gasteiger partial charge < -0.3 is 11.1 Å². The molecule has 28 heavy (non-hydrogen) atoms. The summed E-state index contributed by atoms with van der Waals surface area (Å²) >= 11 is 5.76. The Morgan fingerprint density at radius 1 is 1.21 bits per heavy atom. The number of aryl methyl sites for hydroxylation is 1. The van der Waals surface area contributed by atoms with Gasteiger partial charge in [0.25, 0.3) is 5.91 Å². The fourth-order valence-electron chi connectivity index (χ4n) is 2.47. The van der Waals surface area contributed by atoms with E-state index >= 15 is 0 Å². The van der Waals surface area contributed by atoms with Gasteiger partial charge in [-0.15, -0.1) is 0 Å². The molecule has 0 unspecified atom stereocenters. The van der Waals surface area contributed by atoms with Gasteiger partial charge in [0.05, 0.1) is 11.3 Å². The topological polar surface area (TPSA) is 85.8 Å². The van der Waals surface area contributed by atoms with Crippen LogP contribution in [0.15, 0.2) is 36.4 Å². The number of carbonyl (C=O) groups excluding carboxylic acids is 1. The second-order valence-electron chi connectivity index (χ2n) is 5.74. The fourth-order valence-corrected chi connectivity index (χ4v) is 2.65. The zero-order valence-corrected chi connectivity index (χ0v) is 14.9. The number of carbonyl (C=O) groups is 1. The lowest BCUT2D eigenvalue weighted by Crippen LogP contribution is -2.15. The van der Waals surface area contributed by atoms with Gasteiger partial charge in [-0.2, -0.15) is 18.3 Å². The van der Waals surface area contributed by atoms with Gasteiger partial charge in [0.1, 0.15) is 17.5 Å². The van der Waals surface area contributed by atoms with Crippen molar-refractivity contribution in [2.45, 2.75) is 6.18 Å². The fraction of sp³-hybridized carbons (Fsp3) is 0.118. The minimum atomic E-state index is -4.60. The number of nitrogens with two attached hydrogens (primary N) is 1. The van der Waals surface area contributed by atoms with E-state index < -0.39 is 23.6 Å². The number of nitrogens with one attached hydrogen (secondary N) is 1. The summed E-state index contributed by atoms with van der Waals surface area (Å²) in [5.74, 6) is -1.73. The van der Waals surface area contributed by atoms with Crippen molar-refractivity contribution in [1.29, 1.82) is 0 Å². The van der Waals surface area contributed by atoms with Crippen LogP contribution in [0.4, 0.5) is 29.2 Å². The first kappa shape index (κ1) is 19.6. The monoisotopic (exact) mass is 413 g/mol. The molecule has 0 bridgehead atoms. The van der Waals surface area contributed by atoms with E-state index in [0.29, 0.717) is 0 Å². The van der Waals surface area contributed by atoms with Gasteiger partial charge in [-0.3, -0.25) is 9.48 Å². The van der Waals surface area contributed by atoms with Gasteiger partial charge in [-0.1, -0.05) is 11.6 Å². The predicted octanol–water partition coefficient (Wildman–Crippen LogP) is 4.13. The van der Waals surface area contributed by atoms with Crippen molar-refractivity contribution in [2.75, 3.05) is 11.1 Å². The molecule has 2 heterocycles. The Labute approximate surface area is 160 Å². The zero-order chi connectivity index (χ0) is 20.6. The molecular weight excluding hydrogens is 402 g/mol. The maximum atomic E-state index is 13.8. The first-order valence-corrected chi connectivity index (χ1v) is 8.08. The van der Waals surface area contributed by atoms with Crippen LogP contribution in [0.3, 0.4) is 0 Å². The normalized spacial score (nSPS) is 11.5. The van der Waals surface area contributed by atoms with Crippen LogP contribution in [-0.2, 0) is 13.2 Å². The second kappa shape index (κ2) is 7.12. The molecule has 1 amide bonds. The van der Waals surface area contributed by atoms with Crippen molar-refractivity contribution in [3.8, 4) is 11.3 Å². The molecule has 0 radical (unpaired) electrons. The van der Waals surface area contributed by atoms with Gasteiger partial charge in [0.2, 0.25) is 0 Å². The van der Waals surface area contributed by atoms with Crippen LogP contribution in [0.2, 0.25) is 5.02 Å². The Balaban J connectivity index is 1.88. The molecule has 0 aliphatic carbocycles. The first-order chi connectivity index (χ1) is 13.1. The number of pyridine rings is 1. The second-order valence-corrected chi connectivity index (χ2v) is 6.18. The van der Waals surface area contributed by atoms with Crippen LogP contribution in [0.1, 0.15) is 16.1 Å². The highest BCUT2D eigenvalue weighted by Crippen LogP contribution is 2.33. The summed E-state index contributed by atoms with van der Waals surface area (Å²) < 4.78 is 53.2. The zero-order valence-electron chi connectivity index (χ0n) is 14.2. The average molecular weight is 414 g/mol. The third-order valence-electron chi connectivity index (χ3n) is 3.79. The lowest BCUT2D eigenvalue weighted by molar-refractivity contribution is -0.141. The lowest BCUT2D eigenvalue weighted by atomic mass is 10.1. The summed E-state index contributed by atoms with van der Waals surface area (Å²) in [5, 5.41) is 5.94. The van der Waals surface area contributed by atoms with E-state index in [1.165, 1.54) is 25.2 Å². The number of halogens is 5. The van der Waals surface area contributed by atoms with Crippen LogP contribution < -0.4 is 11.1 Å². The van der Waals surface area contributed by atoms with E-state index in [-0.39, 0.29) is 33.5 Å². The van der Waals surface area contributed by atoms with Crippen molar-refractivity contribution in [1.82, 2.24) is 14.8 Å². The van der Waals surface area contributed by atoms with Gasteiger partial charge in [0, 0.05) is 17.6 Å². The molecule has 2 aromatic heterocycles.